The molecular weight excluding hydrogens is 716 g/mol. The zero-order valence-corrected chi connectivity index (χ0v) is 23.9. The Morgan fingerprint density at radius 1 is 0.347 bits per heavy atom. The molecule has 0 aliphatic rings. The number of hydrogen-bond donors (Lipinski definition) is 2. The Labute approximate surface area is 262 Å². The van der Waals surface area contributed by atoms with E-state index in [0.717, 1.165) is 0 Å². The monoisotopic (exact) mass is 730 g/mol. The van der Waals surface area contributed by atoms with Crippen molar-refractivity contribution in [1.82, 2.24) is 0 Å². The fourth-order valence-corrected chi connectivity index (χ4v) is 3.94. The smallest absolute Gasteiger partial charge is 0.204 e. The van der Waals surface area contributed by atoms with E-state index in [4.69, 9.17) is 10.2 Å². The van der Waals surface area contributed by atoms with Crippen LogP contribution in [-0.2, 0) is 0 Å². The summed E-state index contributed by atoms with van der Waals surface area (Å²) in [6.07, 6.45) is 0.210. The van der Waals surface area contributed by atoms with Crippen molar-refractivity contribution in [2.45, 2.75) is 20.3 Å². The van der Waals surface area contributed by atoms with Gasteiger partial charge >= 0.3 is 0 Å². The van der Waals surface area contributed by atoms with Crippen LogP contribution in [0.15, 0.2) is 0 Å². The molecule has 0 saturated heterocycles. The van der Waals surface area contributed by atoms with E-state index in [0.29, 0.717) is 0 Å². The predicted octanol–water partition coefficient (Wildman–Crippen LogP) is 9.53. The lowest BCUT2D eigenvalue weighted by Gasteiger charge is -2.14. The van der Waals surface area contributed by atoms with Crippen LogP contribution in [0, 0.1) is 93.1 Å². The van der Waals surface area contributed by atoms with E-state index >= 15 is 0 Å². The fourth-order valence-electron chi connectivity index (χ4n) is 3.94. The second kappa shape index (κ2) is 14.6. The number of halogens is 16. The molecular formula is C29H14F16O4. The first-order valence-corrected chi connectivity index (χ1v) is 12.9. The number of rotatable bonds is 7. The first kappa shape index (κ1) is 38.4. The van der Waals surface area contributed by atoms with Gasteiger partial charge in [-0.25, -0.2) is 35.1 Å². The van der Waals surface area contributed by atoms with Crippen LogP contribution in [0.25, 0.3) is 22.3 Å². The Bertz CT molecular complexity index is 1850. The molecule has 0 aliphatic heterocycles. The maximum absolute atomic E-state index is 14.0. The van der Waals surface area contributed by atoms with E-state index in [1.807, 2.05) is 0 Å². The molecule has 0 atom stereocenters. The van der Waals surface area contributed by atoms with Crippen molar-refractivity contribution in [3.05, 3.63) is 93.1 Å². The molecule has 0 amide bonds. The summed E-state index contributed by atoms with van der Waals surface area (Å²) in [7, 11) is 0. The Morgan fingerprint density at radius 2 is 0.571 bits per heavy atom. The first-order valence-electron chi connectivity index (χ1n) is 12.9. The van der Waals surface area contributed by atoms with Crippen LogP contribution < -0.4 is 9.47 Å². The molecule has 0 saturated carbocycles. The average molecular weight is 730 g/mol. The van der Waals surface area contributed by atoms with E-state index in [1.165, 1.54) is 13.8 Å². The van der Waals surface area contributed by atoms with Gasteiger partial charge < -0.3 is 19.7 Å². The summed E-state index contributed by atoms with van der Waals surface area (Å²) in [5, 5.41) is 17.7. The summed E-state index contributed by atoms with van der Waals surface area (Å²) in [5.41, 5.74) is -8.16. The van der Waals surface area contributed by atoms with Crippen LogP contribution >= 0.6 is 0 Å². The maximum Gasteiger partial charge on any atom is 0.204 e. The van der Waals surface area contributed by atoms with Crippen molar-refractivity contribution >= 4 is 0 Å². The zero-order chi connectivity index (χ0) is 37.4. The molecule has 4 rings (SSSR count). The molecule has 0 fully saturated rings. The van der Waals surface area contributed by atoms with E-state index < -0.39 is 145 Å². The summed E-state index contributed by atoms with van der Waals surface area (Å²) in [6.45, 7) is 2.00. The Balaban J connectivity index is 0.000000266. The summed E-state index contributed by atoms with van der Waals surface area (Å²) in [6, 6.07) is 0. The standard InChI is InChI=1S/C15H8F8O2.C14H6F8O2/c1-2-3-25-15-12(22)8(18)5(9(19)13(15)23)4-6(16)10(20)14(24)11(21)7(4)17;1-2-24-14-11(21)7(17)4(8(18)12(14)22)3-5(15)9(19)13(23)10(20)6(3)16/h24H,2-3H2,1H3;23H,2H2,1H3. The first-order chi connectivity index (χ1) is 22.8. The van der Waals surface area contributed by atoms with Gasteiger partial charge in [0.15, 0.2) is 69.5 Å². The van der Waals surface area contributed by atoms with Gasteiger partial charge in [-0.2, -0.15) is 35.1 Å². The molecule has 0 unspecified atom stereocenters. The molecule has 0 heterocycles. The van der Waals surface area contributed by atoms with Crippen molar-refractivity contribution < 1.29 is 89.9 Å². The van der Waals surface area contributed by atoms with Crippen LogP contribution in [0.1, 0.15) is 20.3 Å². The topological polar surface area (TPSA) is 58.9 Å². The number of aromatic hydroxyl groups is 2. The Hall–Kier alpha value is -5.04. The molecule has 4 aromatic rings. The van der Waals surface area contributed by atoms with Gasteiger partial charge in [0.1, 0.15) is 0 Å². The maximum atomic E-state index is 14.0. The molecule has 20 heteroatoms. The molecule has 0 radical (unpaired) electrons. The number of hydrogen-bond acceptors (Lipinski definition) is 4. The Morgan fingerprint density at radius 3 is 0.796 bits per heavy atom. The number of phenolic OH excluding ortho intramolecular Hbond substituents is 2. The van der Waals surface area contributed by atoms with Crippen LogP contribution in [-0.4, -0.2) is 23.4 Å². The van der Waals surface area contributed by atoms with Gasteiger partial charge in [0.05, 0.1) is 35.5 Å². The minimum absolute atomic E-state index is 0.210. The summed E-state index contributed by atoms with van der Waals surface area (Å²) in [4.78, 5) is 0. The van der Waals surface area contributed by atoms with Gasteiger partial charge in [0.2, 0.25) is 46.5 Å². The molecule has 49 heavy (non-hydrogen) atoms. The van der Waals surface area contributed by atoms with Crippen molar-refractivity contribution in [3.8, 4) is 45.3 Å². The van der Waals surface area contributed by atoms with Gasteiger partial charge in [-0.15, -0.1) is 0 Å². The van der Waals surface area contributed by atoms with Crippen LogP contribution in [0.3, 0.4) is 0 Å². The molecule has 0 spiro atoms. The molecule has 2 N–H and O–H groups in total. The van der Waals surface area contributed by atoms with E-state index in [9.17, 15) is 70.2 Å². The van der Waals surface area contributed by atoms with Gasteiger partial charge in [0.25, 0.3) is 0 Å². The van der Waals surface area contributed by atoms with E-state index in [-0.39, 0.29) is 13.0 Å². The quantitative estimate of drug-likeness (QED) is 0.147. The van der Waals surface area contributed by atoms with Crippen molar-refractivity contribution in [2.75, 3.05) is 13.2 Å². The predicted molar refractivity (Wildman–Crippen MR) is 133 cm³/mol. The minimum Gasteiger partial charge on any atom is -0.503 e. The third kappa shape index (κ3) is 6.42. The molecule has 0 aliphatic carbocycles. The molecule has 4 aromatic carbocycles. The SMILES string of the molecule is CCCOc1c(F)c(F)c(-c2c(F)c(F)c(O)c(F)c2F)c(F)c1F.CCOc1c(F)c(F)c(-c2c(F)c(F)c(O)c(F)c2F)c(F)c1F. The summed E-state index contributed by atoms with van der Waals surface area (Å²) < 4.78 is 228. The average Bonchev–Trinajstić information content (AvgIpc) is 3.08. The third-order valence-corrected chi connectivity index (χ3v) is 6.17. The van der Waals surface area contributed by atoms with Gasteiger partial charge in [0, 0.05) is 0 Å². The number of phenols is 2. The Kier molecular flexibility index (Phi) is 11.4. The van der Waals surface area contributed by atoms with Crippen molar-refractivity contribution in [2.24, 2.45) is 0 Å². The lowest BCUT2D eigenvalue weighted by Crippen LogP contribution is -2.09. The number of ether oxygens (including phenoxy) is 2. The normalized spacial score (nSPS) is 11.1. The van der Waals surface area contributed by atoms with Crippen LogP contribution in [0.2, 0.25) is 0 Å². The minimum atomic E-state index is -2.44. The van der Waals surface area contributed by atoms with Gasteiger partial charge in [-0.05, 0) is 13.3 Å². The lowest BCUT2D eigenvalue weighted by atomic mass is 10.0. The zero-order valence-electron chi connectivity index (χ0n) is 23.9. The highest BCUT2D eigenvalue weighted by atomic mass is 19.2. The van der Waals surface area contributed by atoms with Gasteiger partial charge in [-0.1, -0.05) is 6.92 Å². The second-order valence-electron chi connectivity index (χ2n) is 9.16. The highest BCUT2D eigenvalue weighted by molar-refractivity contribution is 5.70. The fraction of sp³-hybridized carbons (Fsp3) is 0.172. The van der Waals surface area contributed by atoms with Crippen LogP contribution in [0.4, 0.5) is 70.2 Å². The highest BCUT2D eigenvalue weighted by Crippen LogP contribution is 2.43. The second-order valence-corrected chi connectivity index (χ2v) is 9.16. The van der Waals surface area contributed by atoms with E-state index in [1.54, 1.807) is 0 Å². The molecule has 266 valence electrons. The molecule has 0 aromatic heterocycles. The van der Waals surface area contributed by atoms with Crippen molar-refractivity contribution in [3.63, 3.8) is 0 Å². The van der Waals surface area contributed by atoms with E-state index in [2.05, 4.69) is 9.47 Å². The molecule has 0 bridgehead atoms. The highest BCUT2D eigenvalue weighted by Gasteiger charge is 2.36. The number of benzene rings is 4. The van der Waals surface area contributed by atoms with Crippen LogP contribution in [0.5, 0.6) is 23.0 Å². The third-order valence-electron chi connectivity index (χ3n) is 6.17. The summed E-state index contributed by atoms with van der Waals surface area (Å²) in [5.74, 6) is -44.4. The largest absolute Gasteiger partial charge is 0.503 e. The lowest BCUT2D eigenvalue weighted by molar-refractivity contribution is 0.272. The van der Waals surface area contributed by atoms with Gasteiger partial charge in [-0.3, -0.25) is 0 Å². The summed E-state index contributed by atoms with van der Waals surface area (Å²) >= 11 is 0. The van der Waals surface area contributed by atoms with Crippen molar-refractivity contribution in [1.29, 1.82) is 0 Å². The molecule has 4 nitrogen and oxygen atoms in total.